The third-order valence-electron chi connectivity index (χ3n) is 3.58. The summed E-state index contributed by atoms with van der Waals surface area (Å²) in [7, 11) is 2.04. The van der Waals surface area contributed by atoms with Gasteiger partial charge in [-0.05, 0) is 37.1 Å². The molecule has 4 heteroatoms. The molecule has 2 aromatic heterocycles. The van der Waals surface area contributed by atoms with Gasteiger partial charge in [0.05, 0.1) is 16.0 Å². The molecule has 0 unspecified atom stereocenters. The van der Waals surface area contributed by atoms with Crippen molar-refractivity contribution < 1.29 is 0 Å². The maximum Gasteiger partial charge on any atom is 0.106 e. The van der Waals surface area contributed by atoms with E-state index in [1.807, 2.05) is 14.0 Å². The Balaban J connectivity index is 2.17. The highest BCUT2D eigenvalue weighted by atomic mass is 32.1. The third kappa shape index (κ3) is 1.92. The van der Waals surface area contributed by atoms with Gasteiger partial charge >= 0.3 is 0 Å². The molecule has 0 bridgehead atoms. The van der Waals surface area contributed by atoms with Crippen LogP contribution in [-0.2, 0) is 13.5 Å². The number of nitrogens with zero attached hydrogens (tertiary/aromatic N) is 2. The predicted molar refractivity (Wildman–Crippen MR) is 82.6 cm³/mol. The first-order valence-electron chi connectivity index (χ1n) is 6.41. The molecule has 0 aliphatic carbocycles. The molecular formula is C15H17N3S. The highest BCUT2D eigenvalue weighted by molar-refractivity contribution is 7.16. The molecule has 1 aromatic carbocycles. The fourth-order valence-electron chi connectivity index (χ4n) is 2.35. The Hall–Kier alpha value is -1.81. The molecule has 0 fully saturated rings. The summed E-state index contributed by atoms with van der Waals surface area (Å²) < 4.78 is 2.10. The molecule has 0 radical (unpaired) electrons. The lowest BCUT2D eigenvalue weighted by Crippen LogP contribution is -1.89. The van der Waals surface area contributed by atoms with Crippen LogP contribution in [0.5, 0.6) is 0 Å². The first-order chi connectivity index (χ1) is 9.10. The van der Waals surface area contributed by atoms with Crippen molar-refractivity contribution in [2.75, 3.05) is 5.73 Å². The number of benzene rings is 1. The van der Waals surface area contributed by atoms with Gasteiger partial charge in [-0.2, -0.15) is 0 Å². The van der Waals surface area contributed by atoms with Gasteiger partial charge in [0.1, 0.15) is 5.82 Å². The second-order valence-corrected chi connectivity index (χ2v) is 5.93. The Labute approximate surface area is 116 Å². The summed E-state index contributed by atoms with van der Waals surface area (Å²) >= 11 is 1.68. The van der Waals surface area contributed by atoms with E-state index in [1.165, 1.54) is 4.88 Å². The van der Waals surface area contributed by atoms with Gasteiger partial charge < -0.3 is 10.3 Å². The summed E-state index contributed by atoms with van der Waals surface area (Å²) in [4.78, 5) is 5.90. The Bertz CT molecular complexity index is 752. The van der Waals surface area contributed by atoms with Crippen LogP contribution in [0.1, 0.15) is 17.6 Å². The van der Waals surface area contributed by atoms with Crippen molar-refractivity contribution in [1.82, 2.24) is 9.55 Å². The van der Waals surface area contributed by atoms with Crippen LogP contribution in [0.25, 0.3) is 22.2 Å². The smallest absolute Gasteiger partial charge is 0.106 e. The summed E-state index contributed by atoms with van der Waals surface area (Å²) in [6.07, 6.45) is 1.03. The monoisotopic (exact) mass is 271 g/mol. The SMILES string of the molecule is CCc1cc(-c2ccc3c(c2)nc(C)n3C)c(N)s1. The van der Waals surface area contributed by atoms with E-state index in [0.717, 1.165) is 39.4 Å². The Kier molecular flexibility index (Phi) is 2.82. The van der Waals surface area contributed by atoms with E-state index in [4.69, 9.17) is 5.73 Å². The second kappa shape index (κ2) is 4.38. The van der Waals surface area contributed by atoms with E-state index in [0.29, 0.717) is 0 Å². The lowest BCUT2D eigenvalue weighted by Gasteiger charge is -2.01. The zero-order chi connectivity index (χ0) is 13.6. The van der Waals surface area contributed by atoms with Crippen molar-refractivity contribution in [2.45, 2.75) is 20.3 Å². The lowest BCUT2D eigenvalue weighted by molar-refractivity contribution is 0.886. The number of nitrogen functional groups attached to an aromatic ring is 1. The molecule has 3 aromatic rings. The van der Waals surface area contributed by atoms with Gasteiger partial charge in [-0.1, -0.05) is 13.0 Å². The fraction of sp³-hybridized carbons (Fsp3) is 0.267. The first kappa shape index (κ1) is 12.2. The van der Waals surface area contributed by atoms with Crippen LogP contribution in [-0.4, -0.2) is 9.55 Å². The van der Waals surface area contributed by atoms with Crippen molar-refractivity contribution in [3.63, 3.8) is 0 Å². The van der Waals surface area contributed by atoms with Crippen LogP contribution in [0.2, 0.25) is 0 Å². The Morgan fingerprint density at radius 2 is 2.11 bits per heavy atom. The molecular weight excluding hydrogens is 254 g/mol. The fourth-order valence-corrected chi connectivity index (χ4v) is 3.24. The van der Waals surface area contributed by atoms with Crippen LogP contribution < -0.4 is 5.73 Å². The van der Waals surface area contributed by atoms with Gasteiger partial charge in [0, 0.05) is 17.5 Å². The molecule has 0 aliphatic heterocycles. The molecule has 98 valence electrons. The van der Waals surface area contributed by atoms with Crippen LogP contribution in [0.3, 0.4) is 0 Å². The number of hydrogen-bond acceptors (Lipinski definition) is 3. The number of hydrogen-bond donors (Lipinski definition) is 1. The van der Waals surface area contributed by atoms with Crippen molar-refractivity contribution in [2.24, 2.45) is 7.05 Å². The van der Waals surface area contributed by atoms with Gasteiger partial charge in [0.15, 0.2) is 0 Å². The normalized spacial score (nSPS) is 11.3. The van der Waals surface area contributed by atoms with Crippen molar-refractivity contribution >= 4 is 27.4 Å². The second-order valence-electron chi connectivity index (χ2n) is 4.77. The largest absolute Gasteiger partial charge is 0.390 e. The van der Waals surface area contributed by atoms with Crippen molar-refractivity contribution in [3.05, 3.63) is 35.0 Å². The first-order valence-corrected chi connectivity index (χ1v) is 7.23. The summed E-state index contributed by atoms with van der Waals surface area (Å²) in [5, 5.41) is 0.892. The van der Waals surface area contributed by atoms with Crippen molar-refractivity contribution in [3.8, 4) is 11.1 Å². The number of imidazole rings is 1. The maximum atomic E-state index is 6.12. The number of anilines is 1. The van der Waals surface area contributed by atoms with Crippen LogP contribution in [0.4, 0.5) is 5.00 Å². The molecule has 3 nitrogen and oxygen atoms in total. The van der Waals surface area contributed by atoms with Gasteiger partial charge in [-0.15, -0.1) is 11.3 Å². The molecule has 2 heterocycles. The topological polar surface area (TPSA) is 43.8 Å². The van der Waals surface area contributed by atoms with Gasteiger partial charge in [-0.3, -0.25) is 0 Å². The van der Waals surface area contributed by atoms with Crippen LogP contribution in [0.15, 0.2) is 24.3 Å². The number of fused-ring (bicyclic) bond motifs is 1. The molecule has 0 atom stereocenters. The predicted octanol–water partition coefficient (Wildman–Crippen LogP) is 3.75. The van der Waals surface area contributed by atoms with Crippen LogP contribution >= 0.6 is 11.3 Å². The minimum Gasteiger partial charge on any atom is -0.390 e. The average Bonchev–Trinajstić information content (AvgIpc) is 2.91. The summed E-state index contributed by atoms with van der Waals surface area (Å²) in [5.41, 5.74) is 10.6. The average molecular weight is 271 g/mol. The zero-order valence-electron chi connectivity index (χ0n) is 11.4. The van der Waals surface area contributed by atoms with E-state index in [-0.39, 0.29) is 0 Å². The number of thiophene rings is 1. The summed E-state index contributed by atoms with van der Waals surface area (Å²) in [5.74, 6) is 1.03. The van der Waals surface area contributed by atoms with Crippen molar-refractivity contribution in [1.29, 1.82) is 0 Å². The van der Waals surface area contributed by atoms with Crippen LogP contribution in [0, 0.1) is 6.92 Å². The molecule has 0 amide bonds. The van der Waals surface area contributed by atoms with Gasteiger partial charge in [0.25, 0.3) is 0 Å². The molecule has 19 heavy (non-hydrogen) atoms. The molecule has 0 saturated heterocycles. The third-order valence-corrected chi connectivity index (χ3v) is 4.68. The quantitative estimate of drug-likeness (QED) is 0.771. The molecule has 0 aliphatic rings. The highest BCUT2D eigenvalue weighted by Crippen LogP contribution is 2.35. The minimum absolute atomic E-state index is 0.892. The Morgan fingerprint density at radius 3 is 2.79 bits per heavy atom. The van der Waals surface area contributed by atoms with Gasteiger partial charge in [0.2, 0.25) is 0 Å². The molecule has 3 rings (SSSR count). The van der Waals surface area contributed by atoms with E-state index < -0.39 is 0 Å². The molecule has 0 saturated carbocycles. The number of nitrogens with two attached hydrogens (primary N) is 1. The van der Waals surface area contributed by atoms with Gasteiger partial charge in [-0.25, -0.2) is 4.98 Å². The summed E-state index contributed by atoms with van der Waals surface area (Å²) in [6.45, 7) is 4.17. The molecule has 0 spiro atoms. The number of rotatable bonds is 2. The lowest BCUT2D eigenvalue weighted by atomic mass is 10.1. The summed E-state index contributed by atoms with van der Waals surface area (Å²) in [6, 6.07) is 8.56. The standard InChI is InChI=1S/C15H17N3S/c1-4-11-8-12(15(16)19-11)10-5-6-14-13(7-10)17-9(2)18(14)3/h5-8H,4,16H2,1-3H3. The number of aromatic nitrogens is 2. The van der Waals surface area contributed by atoms with E-state index in [9.17, 15) is 0 Å². The zero-order valence-corrected chi connectivity index (χ0v) is 12.2. The van der Waals surface area contributed by atoms with E-state index in [1.54, 1.807) is 11.3 Å². The maximum absolute atomic E-state index is 6.12. The number of aryl methyl sites for hydroxylation is 3. The highest BCUT2D eigenvalue weighted by Gasteiger charge is 2.10. The Morgan fingerprint density at radius 1 is 1.32 bits per heavy atom. The van der Waals surface area contributed by atoms with E-state index >= 15 is 0 Å². The van der Waals surface area contributed by atoms with E-state index in [2.05, 4.69) is 40.7 Å². The molecule has 2 N–H and O–H groups in total. The minimum atomic E-state index is 0.892.